The van der Waals surface area contributed by atoms with E-state index in [0.29, 0.717) is 19.5 Å². The molecule has 0 saturated carbocycles. The minimum absolute atomic E-state index is 0.0123. The van der Waals surface area contributed by atoms with E-state index in [1.807, 2.05) is 36.2 Å². The average molecular weight is 354 g/mol. The van der Waals surface area contributed by atoms with Crippen LogP contribution < -0.4 is 5.32 Å². The van der Waals surface area contributed by atoms with Gasteiger partial charge in [0.2, 0.25) is 5.91 Å². The normalized spacial score (nSPS) is 10.9. The first-order chi connectivity index (χ1) is 10.0. The van der Waals surface area contributed by atoms with E-state index in [2.05, 4.69) is 31.4 Å². The highest BCUT2D eigenvalue weighted by Crippen LogP contribution is 2.15. The van der Waals surface area contributed by atoms with Gasteiger partial charge >= 0.3 is 0 Å². The molecule has 0 aromatic carbocycles. The van der Waals surface area contributed by atoms with Crippen LogP contribution in [0.4, 0.5) is 0 Å². The Morgan fingerprint density at radius 3 is 2.76 bits per heavy atom. The summed E-state index contributed by atoms with van der Waals surface area (Å²) >= 11 is 3.45. The van der Waals surface area contributed by atoms with Gasteiger partial charge in [0, 0.05) is 25.2 Å². The van der Waals surface area contributed by atoms with Crippen molar-refractivity contribution in [2.24, 2.45) is 0 Å². The quantitative estimate of drug-likeness (QED) is 0.865. The van der Waals surface area contributed by atoms with Gasteiger partial charge in [-0.2, -0.15) is 10.2 Å². The minimum atomic E-state index is 0.0123. The zero-order valence-electron chi connectivity index (χ0n) is 12.6. The molecule has 0 radical (unpaired) electrons. The Balaban J connectivity index is 1.85. The topological polar surface area (TPSA) is 64.7 Å². The van der Waals surface area contributed by atoms with Gasteiger partial charge in [0.15, 0.2) is 0 Å². The van der Waals surface area contributed by atoms with Crippen LogP contribution in [0.2, 0.25) is 0 Å². The SMILES string of the molecule is CCn1ncc(Br)c1CNC(=O)CCn1nc(C)cc1C. The molecule has 0 saturated heterocycles. The van der Waals surface area contributed by atoms with Crippen LogP contribution in [0.5, 0.6) is 0 Å². The molecular formula is C14H20BrN5O. The van der Waals surface area contributed by atoms with Crippen molar-refractivity contribution < 1.29 is 4.79 Å². The molecule has 2 rings (SSSR count). The predicted molar refractivity (Wildman–Crippen MR) is 83.8 cm³/mol. The van der Waals surface area contributed by atoms with E-state index in [1.165, 1.54) is 0 Å². The molecule has 1 N–H and O–H groups in total. The Morgan fingerprint density at radius 2 is 2.14 bits per heavy atom. The van der Waals surface area contributed by atoms with Crippen LogP contribution in [0, 0.1) is 13.8 Å². The third-order valence-corrected chi connectivity index (χ3v) is 3.97. The van der Waals surface area contributed by atoms with Crippen molar-refractivity contribution in [2.75, 3.05) is 0 Å². The number of aromatic nitrogens is 4. The van der Waals surface area contributed by atoms with Crippen molar-refractivity contribution in [1.82, 2.24) is 24.9 Å². The second-order valence-electron chi connectivity index (χ2n) is 4.93. The molecule has 21 heavy (non-hydrogen) atoms. The van der Waals surface area contributed by atoms with E-state index in [9.17, 15) is 4.79 Å². The monoisotopic (exact) mass is 353 g/mol. The summed E-state index contributed by atoms with van der Waals surface area (Å²) in [5.74, 6) is 0.0123. The van der Waals surface area contributed by atoms with Gasteiger partial charge < -0.3 is 5.32 Å². The number of hydrogen-bond donors (Lipinski definition) is 1. The molecule has 0 bridgehead atoms. The molecule has 7 heteroatoms. The number of nitrogens with zero attached hydrogens (tertiary/aromatic N) is 4. The number of amides is 1. The Labute approximate surface area is 132 Å². The molecule has 0 unspecified atom stereocenters. The van der Waals surface area contributed by atoms with E-state index in [0.717, 1.165) is 28.1 Å². The fraction of sp³-hybridized carbons (Fsp3) is 0.500. The summed E-state index contributed by atoms with van der Waals surface area (Å²) in [5, 5.41) is 11.5. The molecule has 1 amide bonds. The van der Waals surface area contributed by atoms with Crippen LogP contribution >= 0.6 is 15.9 Å². The Hall–Kier alpha value is -1.63. The molecule has 0 aliphatic heterocycles. The summed E-state index contributed by atoms with van der Waals surface area (Å²) in [6, 6.07) is 2.01. The second-order valence-corrected chi connectivity index (χ2v) is 5.79. The van der Waals surface area contributed by atoms with E-state index in [-0.39, 0.29) is 5.91 Å². The van der Waals surface area contributed by atoms with E-state index in [1.54, 1.807) is 6.20 Å². The Bertz CT molecular complexity index is 631. The maximum Gasteiger partial charge on any atom is 0.222 e. The predicted octanol–water partition coefficient (Wildman–Crippen LogP) is 2.19. The number of rotatable bonds is 6. The lowest BCUT2D eigenvalue weighted by molar-refractivity contribution is -0.121. The average Bonchev–Trinajstić information content (AvgIpc) is 2.96. The number of carbonyl (C=O) groups is 1. The van der Waals surface area contributed by atoms with Crippen molar-refractivity contribution in [3.63, 3.8) is 0 Å². The molecule has 0 spiro atoms. The number of halogens is 1. The van der Waals surface area contributed by atoms with Crippen molar-refractivity contribution in [1.29, 1.82) is 0 Å². The fourth-order valence-electron chi connectivity index (χ4n) is 2.22. The summed E-state index contributed by atoms with van der Waals surface area (Å²) in [6.07, 6.45) is 2.17. The van der Waals surface area contributed by atoms with Crippen LogP contribution in [0.1, 0.15) is 30.4 Å². The molecule has 0 aliphatic carbocycles. The third kappa shape index (κ3) is 3.93. The van der Waals surface area contributed by atoms with Gasteiger partial charge in [-0.15, -0.1) is 0 Å². The molecule has 0 aliphatic rings. The van der Waals surface area contributed by atoms with Gasteiger partial charge in [0.25, 0.3) is 0 Å². The number of carbonyl (C=O) groups excluding carboxylic acids is 1. The zero-order valence-corrected chi connectivity index (χ0v) is 14.1. The molecule has 2 aromatic rings. The van der Waals surface area contributed by atoms with Crippen molar-refractivity contribution in [3.05, 3.63) is 33.8 Å². The van der Waals surface area contributed by atoms with Crippen molar-refractivity contribution >= 4 is 21.8 Å². The summed E-state index contributed by atoms with van der Waals surface area (Å²) < 4.78 is 4.65. The Kier molecular flexibility index (Phi) is 5.17. The van der Waals surface area contributed by atoms with Gasteiger partial charge in [-0.25, -0.2) is 0 Å². The van der Waals surface area contributed by atoms with Gasteiger partial charge in [0.1, 0.15) is 0 Å². The van der Waals surface area contributed by atoms with Crippen molar-refractivity contribution in [2.45, 2.75) is 46.8 Å². The molecule has 0 atom stereocenters. The highest BCUT2D eigenvalue weighted by Gasteiger charge is 2.10. The van der Waals surface area contributed by atoms with Crippen LogP contribution in [0.25, 0.3) is 0 Å². The van der Waals surface area contributed by atoms with Gasteiger partial charge in [-0.3, -0.25) is 14.2 Å². The van der Waals surface area contributed by atoms with E-state index < -0.39 is 0 Å². The summed E-state index contributed by atoms with van der Waals surface area (Å²) in [4.78, 5) is 11.9. The van der Waals surface area contributed by atoms with Crippen LogP contribution in [-0.2, 0) is 24.4 Å². The molecule has 2 heterocycles. The highest BCUT2D eigenvalue weighted by molar-refractivity contribution is 9.10. The fourth-order valence-corrected chi connectivity index (χ4v) is 2.65. The molecule has 2 aromatic heterocycles. The van der Waals surface area contributed by atoms with E-state index in [4.69, 9.17) is 0 Å². The standard InChI is InChI=1S/C14H20BrN5O/c1-4-19-13(12(15)8-17-19)9-16-14(21)5-6-20-11(3)7-10(2)18-20/h7-8H,4-6,9H2,1-3H3,(H,16,21). The minimum Gasteiger partial charge on any atom is -0.350 e. The van der Waals surface area contributed by atoms with Crippen LogP contribution in [0.15, 0.2) is 16.7 Å². The molecule has 114 valence electrons. The highest BCUT2D eigenvalue weighted by atomic mass is 79.9. The lowest BCUT2D eigenvalue weighted by Gasteiger charge is -2.08. The van der Waals surface area contributed by atoms with E-state index >= 15 is 0 Å². The Morgan fingerprint density at radius 1 is 1.38 bits per heavy atom. The molecule has 6 nitrogen and oxygen atoms in total. The maximum atomic E-state index is 11.9. The molecular weight excluding hydrogens is 334 g/mol. The summed E-state index contributed by atoms with van der Waals surface area (Å²) in [7, 11) is 0. The van der Waals surface area contributed by atoms with Crippen molar-refractivity contribution in [3.8, 4) is 0 Å². The number of hydrogen-bond acceptors (Lipinski definition) is 3. The van der Waals surface area contributed by atoms with Gasteiger partial charge in [-0.1, -0.05) is 0 Å². The number of aryl methyl sites for hydroxylation is 4. The molecule has 0 fully saturated rings. The summed E-state index contributed by atoms with van der Waals surface area (Å²) in [5.41, 5.74) is 3.03. The van der Waals surface area contributed by atoms with Crippen LogP contribution in [0.3, 0.4) is 0 Å². The first-order valence-electron chi connectivity index (χ1n) is 6.99. The van der Waals surface area contributed by atoms with Crippen LogP contribution in [-0.4, -0.2) is 25.5 Å². The second kappa shape index (κ2) is 6.89. The first-order valence-corrected chi connectivity index (χ1v) is 7.78. The lowest BCUT2D eigenvalue weighted by Crippen LogP contribution is -2.25. The largest absolute Gasteiger partial charge is 0.350 e. The maximum absolute atomic E-state index is 11.9. The smallest absolute Gasteiger partial charge is 0.222 e. The lowest BCUT2D eigenvalue weighted by atomic mass is 10.3. The zero-order chi connectivity index (χ0) is 15.4. The van der Waals surface area contributed by atoms with Gasteiger partial charge in [-0.05, 0) is 42.8 Å². The summed E-state index contributed by atoms with van der Waals surface area (Å²) in [6.45, 7) is 7.82. The number of nitrogens with one attached hydrogen (secondary N) is 1. The first kappa shape index (κ1) is 15.8. The third-order valence-electron chi connectivity index (χ3n) is 3.30. The van der Waals surface area contributed by atoms with Gasteiger partial charge in [0.05, 0.1) is 28.6 Å².